The molecule has 1 aliphatic heterocycles. The molecule has 1 unspecified atom stereocenters. The number of likely N-dealkylation sites (N-methyl/N-ethyl adjacent to an activating group) is 1. The number of benzene rings is 1. The summed E-state index contributed by atoms with van der Waals surface area (Å²) in [5.74, 6) is 1.27. The number of nitrogens with zero attached hydrogens (tertiary/aromatic N) is 2. The van der Waals surface area contributed by atoms with Gasteiger partial charge in [-0.15, -0.1) is 0 Å². The summed E-state index contributed by atoms with van der Waals surface area (Å²) >= 11 is 0. The fourth-order valence-corrected chi connectivity index (χ4v) is 3.09. The molecule has 1 aliphatic rings. The number of hydrogen-bond donors (Lipinski definition) is 1. The van der Waals surface area contributed by atoms with Gasteiger partial charge in [0.2, 0.25) is 5.91 Å². The van der Waals surface area contributed by atoms with Gasteiger partial charge in [-0.1, -0.05) is 6.07 Å². The van der Waals surface area contributed by atoms with E-state index in [1.165, 1.54) is 0 Å². The first-order chi connectivity index (χ1) is 13.0. The van der Waals surface area contributed by atoms with Crippen LogP contribution in [0.4, 0.5) is 5.69 Å². The minimum absolute atomic E-state index is 0.0477. The molecule has 144 valence electrons. The predicted molar refractivity (Wildman–Crippen MR) is 102 cm³/mol. The number of anilines is 1. The van der Waals surface area contributed by atoms with Gasteiger partial charge in [-0.2, -0.15) is 0 Å². The van der Waals surface area contributed by atoms with Crippen molar-refractivity contribution in [1.29, 1.82) is 0 Å². The highest BCUT2D eigenvalue weighted by Gasteiger charge is 2.22. The molecule has 0 aliphatic carbocycles. The molecule has 1 fully saturated rings. The van der Waals surface area contributed by atoms with E-state index in [4.69, 9.17) is 9.15 Å². The third-order valence-corrected chi connectivity index (χ3v) is 4.56. The molecule has 0 radical (unpaired) electrons. The molecule has 1 aromatic carbocycles. The molecule has 3 rings (SSSR count). The third kappa shape index (κ3) is 4.89. The summed E-state index contributed by atoms with van der Waals surface area (Å²) in [4.78, 5) is 27.7. The number of carbonyl (C=O) groups excluding carboxylic acids is 2. The van der Waals surface area contributed by atoms with Crippen LogP contribution >= 0.6 is 0 Å². The van der Waals surface area contributed by atoms with Crippen LogP contribution < -0.4 is 15.0 Å². The number of furan rings is 1. The fourth-order valence-electron chi connectivity index (χ4n) is 3.09. The van der Waals surface area contributed by atoms with Gasteiger partial charge < -0.3 is 19.4 Å². The summed E-state index contributed by atoms with van der Waals surface area (Å²) in [6.45, 7) is 1.06. The second-order valence-electron chi connectivity index (χ2n) is 6.73. The first-order valence-electron chi connectivity index (χ1n) is 9.04. The van der Waals surface area contributed by atoms with Crippen molar-refractivity contribution < 1.29 is 18.7 Å². The average Bonchev–Trinajstić information content (AvgIpc) is 3.32. The quantitative estimate of drug-likeness (QED) is 0.770. The molecule has 2 amide bonds. The van der Waals surface area contributed by atoms with Crippen molar-refractivity contribution in [3.05, 3.63) is 48.4 Å². The lowest BCUT2D eigenvalue weighted by Gasteiger charge is -2.22. The maximum atomic E-state index is 12.2. The van der Waals surface area contributed by atoms with E-state index >= 15 is 0 Å². The Labute approximate surface area is 158 Å². The maximum Gasteiger partial charge on any atom is 0.258 e. The van der Waals surface area contributed by atoms with Gasteiger partial charge in [0.05, 0.1) is 12.3 Å². The third-order valence-electron chi connectivity index (χ3n) is 4.56. The Bertz CT molecular complexity index is 773. The van der Waals surface area contributed by atoms with Crippen LogP contribution in [0.25, 0.3) is 0 Å². The highest BCUT2D eigenvalue weighted by molar-refractivity contribution is 5.95. The van der Waals surface area contributed by atoms with E-state index in [1.54, 1.807) is 23.3 Å². The lowest BCUT2D eigenvalue weighted by Crippen LogP contribution is -2.36. The van der Waals surface area contributed by atoms with Crippen LogP contribution in [0.15, 0.2) is 47.1 Å². The largest absolute Gasteiger partial charge is 0.484 e. The van der Waals surface area contributed by atoms with Crippen molar-refractivity contribution in [1.82, 2.24) is 10.2 Å². The Morgan fingerprint density at radius 2 is 2.19 bits per heavy atom. The van der Waals surface area contributed by atoms with Crippen molar-refractivity contribution in [2.75, 3.05) is 38.7 Å². The van der Waals surface area contributed by atoms with Gasteiger partial charge in [-0.3, -0.25) is 14.5 Å². The minimum atomic E-state index is -0.212. The second kappa shape index (κ2) is 8.73. The smallest absolute Gasteiger partial charge is 0.258 e. The van der Waals surface area contributed by atoms with E-state index in [0.29, 0.717) is 18.7 Å². The Morgan fingerprint density at radius 1 is 1.33 bits per heavy atom. The zero-order valence-corrected chi connectivity index (χ0v) is 15.7. The number of amides is 2. The Morgan fingerprint density at radius 3 is 2.85 bits per heavy atom. The van der Waals surface area contributed by atoms with Crippen LogP contribution in [-0.4, -0.2) is 50.5 Å². The molecule has 7 nitrogen and oxygen atoms in total. The molecule has 0 spiro atoms. The number of carbonyl (C=O) groups is 2. The molecule has 0 saturated carbocycles. The highest BCUT2D eigenvalue weighted by Crippen LogP contribution is 2.25. The van der Waals surface area contributed by atoms with Crippen molar-refractivity contribution in [3.8, 4) is 5.75 Å². The van der Waals surface area contributed by atoms with Gasteiger partial charge in [-0.05, 0) is 44.8 Å². The second-order valence-corrected chi connectivity index (χ2v) is 6.73. The first kappa shape index (κ1) is 19.0. The van der Waals surface area contributed by atoms with Crippen LogP contribution in [-0.2, 0) is 9.59 Å². The fraction of sp³-hybridized carbons (Fsp3) is 0.400. The van der Waals surface area contributed by atoms with E-state index in [0.717, 1.165) is 24.4 Å². The zero-order valence-electron chi connectivity index (χ0n) is 15.7. The van der Waals surface area contributed by atoms with Gasteiger partial charge in [-0.25, -0.2) is 0 Å². The van der Waals surface area contributed by atoms with Gasteiger partial charge in [0.15, 0.2) is 6.61 Å². The van der Waals surface area contributed by atoms with Gasteiger partial charge in [0, 0.05) is 31.3 Å². The van der Waals surface area contributed by atoms with Crippen LogP contribution in [0.1, 0.15) is 24.6 Å². The Balaban J connectivity index is 1.51. The summed E-state index contributed by atoms with van der Waals surface area (Å²) in [5.41, 5.74) is 0.806. The van der Waals surface area contributed by atoms with E-state index in [1.807, 2.05) is 43.3 Å². The molecule has 27 heavy (non-hydrogen) atoms. The van der Waals surface area contributed by atoms with Crippen LogP contribution in [0.3, 0.4) is 0 Å². The topological polar surface area (TPSA) is 75.0 Å². The minimum Gasteiger partial charge on any atom is -0.484 e. The van der Waals surface area contributed by atoms with Gasteiger partial charge in [0.25, 0.3) is 5.91 Å². The lowest BCUT2D eigenvalue weighted by atomic mass is 10.2. The standard InChI is InChI=1S/C20H25N3O4/c1-22(2)17(18-8-5-11-26-18)13-21-19(24)14-27-16-7-3-6-15(12-16)23-10-4-9-20(23)25/h3,5-8,11-12,17H,4,9-10,13-14H2,1-2H3,(H,21,24). The molecule has 1 aromatic heterocycles. The molecule has 2 heterocycles. The molecular formula is C20H25N3O4. The summed E-state index contributed by atoms with van der Waals surface area (Å²) in [6.07, 6.45) is 3.07. The van der Waals surface area contributed by atoms with Crippen LogP contribution in [0.2, 0.25) is 0 Å². The van der Waals surface area contributed by atoms with E-state index in [2.05, 4.69) is 5.32 Å². The Hall–Kier alpha value is -2.80. The maximum absolute atomic E-state index is 12.2. The number of nitrogens with one attached hydrogen (secondary N) is 1. The highest BCUT2D eigenvalue weighted by atomic mass is 16.5. The first-order valence-corrected chi connectivity index (χ1v) is 9.04. The zero-order chi connectivity index (χ0) is 19.2. The average molecular weight is 371 g/mol. The lowest BCUT2D eigenvalue weighted by molar-refractivity contribution is -0.123. The molecule has 2 aromatic rings. The van der Waals surface area contributed by atoms with Crippen molar-refractivity contribution in [3.63, 3.8) is 0 Å². The van der Waals surface area contributed by atoms with E-state index in [-0.39, 0.29) is 24.5 Å². The molecule has 1 N–H and O–H groups in total. The van der Waals surface area contributed by atoms with Crippen LogP contribution in [0, 0.1) is 0 Å². The Kier molecular flexibility index (Phi) is 6.13. The molecule has 7 heteroatoms. The molecular weight excluding hydrogens is 346 g/mol. The van der Waals surface area contributed by atoms with Crippen LogP contribution in [0.5, 0.6) is 5.75 Å². The normalized spacial score (nSPS) is 15.2. The summed E-state index contributed by atoms with van der Waals surface area (Å²) in [5, 5.41) is 2.87. The van der Waals surface area contributed by atoms with E-state index in [9.17, 15) is 9.59 Å². The number of hydrogen-bond acceptors (Lipinski definition) is 5. The summed E-state index contributed by atoms with van der Waals surface area (Å²) < 4.78 is 11.0. The summed E-state index contributed by atoms with van der Waals surface area (Å²) in [6, 6.07) is 10.9. The van der Waals surface area contributed by atoms with Crippen molar-refractivity contribution in [2.45, 2.75) is 18.9 Å². The molecule has 1 atom stereocenters. The number of ether oxygens (including phenoxy) is 1. The molecule has 0 bridgehead atoms. The molecule has 1 saturated heterocycles. The van der Waals surface area contributed by atoms with E-state index < -0.39 is 0 Å². The summed E-state index contributed by atoms with van der Waals surface area (Å²) in [7, 11) is 3.86. The SMILES string of the molecule is CN(C)C(CNC(=O)COc1cccc(N2CCCC2=O)c1)c1ccco1. The van der Waals surface area contributed by atoms with Gasteiger partial charge in [0.1, 0.15) is 11.5 Å². The van der Waals surface area contributed by atoms with Crippen molar-refractivity contribution in [2.24, 2.45) is 0 Å². The number of rotatable bonds is 8. The van der Waals surface area contributed by atoms with Gasteiger partial charge >= 0.3 is 0 Å². The monoisotopic (exact) mass is 371 g/mol. The predicted octanol–water partition coefficient (Wildman–Crippen LogP) is 2.20. The van der Waals surface area contributed by atoms with Crippen molar-refractivity contribution >= 4 is 17.5 Å².